The lowest BCUT2D eigenvalue weighted by atomic mass is 10.3. The van der Waals surface area contributed by atoms with Gasteiger partial charge in [0.25, 0.3) is 10.1 Å². The average Bonchev–Trinajstić information content (AvgIpc) is 1.89. The highest BCUT2D eigenvalue weighted by Crippen LogP contribution is 1.95. The van der Waals surface area contributed by atoms with Gasteiger partial charge in [0.05, 0.1) is 12.5 Å². The fourth-order valence-electron chi connectivity index (χ4n) is 0.408. The van der Waals surface area contributed by atoms with Crippen molar-refractivity contribution in [1.29, 1.82) is 0 Å². The molecule has 0 atom stereocenters. The van der Waals surface area contributed by atoms with Crippen LogP contribution in [0.15, 0.2) is 11.5 Å². The lowest BCUT2D eigenvalue weighted by molar-refractivity contribution is 0.406. The zero-order valence-electron chi connectivity index (χ0n) is 6.20. The maximum absolute atomic E-state index is 10.6. The van der Waals surface area contributed by atoms with Crippen LogP contribution in [-0.4, -0.2) is 15.5 Å². The zero-order chi connectivity index (χ0) is 8.04. The average molecular weight is 164 g/mol. The molecule has 0 aliphatic carbocycles. The van der Waals surface area contributed by atoms with E-state index in [0.717, 1.165) is 25.4 Å². The van der Waals surface area contributed by atoms with Crippen molar-refractivity contribution in [3.05, 3.63) is 11.5 Å². The quantitative estimate of drug-likeness (QED) is 0.588. The molecule has 3 nitrogen and oxygen atoms in total. The molecule has 0 saturated heterocycles. The molecule has 10 heavy (non-hydrogen) atoms. The van der Waals surface area contributed by atoms with Crippen molar-refractivity contribution in [2.45, 2.75) is 19.8 Å². The van der Waals surface area contributed by atoms with Gasteiger partial charge in [-0.2, -0.15) is 8.42 Å². The van der Waals surface area contributed by atoms with E-state index in [0.29, 0.717) is 0 Å². The van der Waals surface area contributed by atoms with Crippen molar-refractivity contribution >= 4 is 10.1 Å². The molecule has 0 aromatic rings. The van der Waals surface area contributed by atoms with E-state index in [1.807, 2.05) is 6.92 Å². The third-order valence-electron chi connectivity index (χ3n) is 0.951. The Labute approximate surface area is 61.8 Å². The maximum atomic E-state index is 10.6. The molecule has 0 amide bonds. The normalized spacial score (nSPS) is 12.6. The van der Waals surface area contributed by atoms with Crippen LogP contribution >= 0.6 is 0 Å². The minimum Gasteiger partial charge on any atom is -0.270 e. The van der Waals surface area contributed by atoms with Gasteiger partial charge in [-0.15, -0.1) is 0 Å². The Hall–Kier alpha value is -0.350. The van der Waals surface area contributed by atoms with E-state index in [-0.39, 0.29) is 0 Å². The zero-order valence-corrected chi connectivity index (χ0v) is 7.02. The highest BCUT2D eigenvalue weighted by molar-refractivity contribution is 7.89. The standard InChI is InChI=1S/C6H12O3S/c1-3-4-5-6-10(7,8)9-2/h5-6H,3-4H2,1-2H3/b6-5+. The Balaban J connectivity index is 3.89. The van der Waals surface area contributed by atoms with Crippen molar-refractivity contribution in [2.24, 2.45) is 0 Å². The molecule has 0 rings (SSSR count). The summed E-state index contributed by atoms with van der Waals surface area (Å²) in [5.41, 5.74) is 0. The summed E-state index contributed by atoms with van der Waals surface area (Å²) in [7, 11) is -2.23. The van der Waals surface area contributed by atoms with Crippen molar-refractivity contribution in [3.63, 3.8) is 0 Å². The Morgan fingerprint density at radius 3 is 2.50 bits per heavy atom. The van der Waals surface area contributed by atoms with Gasteiger partial charge in [0.2, 0.25) is 0 Å². The lowest BCUT2D eigenvalue weighted by Crippen LogP contribution is -1.95. The molecule has 0 unspecified atom stereocenters. The molecule has 0 heterocycles. The van der Waals surface area contributed by atoms with Gasteiger partial charge in [0.15, 0.2) is 0 Å². The first-order valence-electron chi connectivity index (χ1n) is 3.09. The third-order valence-corrected chi connectivity index (χ3v) is 1.94. The Bertz CT molecular complexity index is 191. The van der Waals surface area contributed by atoms with E-state index >= 15 is 0 Å². The summed E-state index contributed by atoms with van der Waals surface area (Å²) in [6, 6.07) is 0. The van der Waals surface area contributed by atoms with Gasteiger partial charge in [-0.05, 0) is 6.42 Å². The molecule has 0 spiro atoms. The van der Waals surface area contributed by atoms with Crippen molar-refractivity contribution < 1.29 is 12.6 Å². The topological polar surface area (TPSA) is 43.4 Å². The van der Waals surface area contributed by atoms with E-state index in [9.17, 15) is 8.42 Å². The minimum atomic E-state index is -3.37. The van der Waals surface area contributed by atoms with Crippen LogP contribution in [0.1, 0.15) is 19.8 Å². The maximum Gasteiger partial charge on any atom is 0.289 e. The van der Waals surface area contributed by atoms with Crippen molar-refractivity contribution in [2.75, 3.05) is 7.11 Å². The number of rotatable bonds is 4. The summed E-state index contributed by atoms with van der Waals surface area (Å²) < 4.78 is 25.3. The third kappa shape index (κ3) is 4.52. The van der Waals surface area contributed by atoms with Gasteiger partial charge in [0.1, 0.15) is 0 Å². The van der Waals surface area contributed by atoms with Crippen LogP contribution in [0.25, 0.3) is 0 Å². The Morgan fingerprint density at radius 1 is 1.50 bits per heavy atom. The summed E-state index contributed by atoms with van der Waals surface area (Å²) in [6.07, 6.45) is 3.29. The minimum absolute atomic E-state index is 0.766. The number of unbranched alkanes of at least 4 members (excludes halogenated alkanes) is 1. The first kappa shape index (κ1) is 9.65. The highest BCUT2D eigenvalue weighted by atomic mass is 32.2. The van der Waals surface area contributed by atoms with E-state index in [2.05, 4.69) is 4.18 Å². The van der Waals surface area contributed by atoms with Crippen molar-refractivity contribution in [3.8, 4) is 0 Å². The number of allylic oxidation sites excluding steroid dienone is 1. The summed E-state index contributed by atoms with van der Waals surface area (Å²) in [5, 5.41) is 1.08. The lowest BCUT2D eigenvalue weighted by Gasteiger charge is -1.90. The Morgan fingerprint density at radius 2 is 2.10 bits per heavy atom. The molecule has 0 radical (unpaired) electrons. The second kappa shape index (κ2) is 4.46. The van der Waals surface area contributed by atoms with Gasteiger partial charge in [-0.1, -0.05) is 19.4 Å². The molecule has 0 aromatic carbocycles. The van der Waals surface area contributed by atoms with Crippen LogP contribution in [0, 0.1) is 0 Å². The van der Waals surface area contributed by atoms with Crippen LogP contribution in [0.2, 0.25) is 0 Å². The van der Waals surface area contributed by atoms with Gasteiger partial charge in [0, 0.05) is 0 Å². The van der Waals surface area contributed by atoms with E-state index in [1.165, 1.54) is 0 Å². The molecule has 0 fully saturated rings. The number of hydrogen-bond acceptors (Lipinski definition) is 3. The van der Waals surface area contributed by atoms with Crippen LogP contribution in [0.3, 0.4) is 0 Å². The highest BCUT2D eigenvalue weighted by Gasteiger charge is 1.98. The molecule has 0 saturated carbocycles. The smallest absolute Gasteiger partial charge is 0.270 e. The van der Waals surface area contributed by atoms with Gasteiger partial charge >= 0.3 is 0 Å². The monoisotopic (exact) mass is 164 g/mol. The predicted molar refractivity (Wildman–Crippen MR) is 40.0 cm³/mol. The second-order valence-electron chi connectivity index (χ2n) is 1.82. The SMILES string of the molecule is CCC/C=C/S(=O)(=O)OC. The molecule has 0 aliphatic rings. The van der Waals surface area contributed by atoms with E-state index in [1.54, 1.807) is 6.08 Å². The van der Waals surface area contributed by atoms with Gasteiger partial charge in [-0.3, -0.25) is 4.18 Å². The molecule has 60 valence electrons. The first-order chi connectivity index (χ1) is 4.62. The summed E-state index contributed by atoms with van der Waals surface area (Å²) in [4.78, 5) is 0. The van der Waals surface area contributed by atoms with Gasteiger partial charge < -0.3 is 0 Å². The molecular weight excluding hydrogens is 152 g/mol. The van der Waals surface area contributed by atoms with Gasteiger partial charge in [-0.25, -0.2) is 0 Å². The van der Waals surface area contributed by atoms with E-state index in [4.69, 9.17) is 0 Å². The van der Waals surface area contributed by atoms with Crippen LogP contribution in [-0.2, 0) is 14.3 Å². The molecule has 0 aromatic heterocycles. The van der Waals surface area contributed by atoms with Crippen LogP contribution in [0.5, 0.6) is 0 Å². The summed E-state index contributed by atoms with van der Waals surface area (Å²) >= 11 is 0. The van der Waals surface area contributed by atoms with Crippen LogP contribution in [0.4, 0.5) is 0 Å². The molecular formula is C6H12O3S. The number of hydrogen-bond donors (Lipinski definition) is 0. The van der Waals surface area contributed by atoms with Crippen LogP contribution < -0.4 is 0 Å². The fraction of sp³-hybridized carbons (Fsp3) is 0.667. The summed E-state index contributed by atoms with van der Waals surface area (Å²) in [5.74, 6) is 0. The molecule has 0 N–H and O–H groups in total. The Kier molecular flexibility index (Phi) is 4.31. The second-order valence-corrected chi connectivity index (χ2v) is 3.41. The fourth-order valence-corrected chi connectivity index (χ4v) is 0.891. The predicted octanol–water partition coefficient (Wildman–Crippen LogP) is 1.28. The molecule has 0 bridgehead atoms. The van der Waals surface area contributed by atoms with Crippen molar-refractivity contribution in [1.82, 2.24) is 0 Å². The largest absolute Gasteiger partial charge is 0.289 e. The molecule has 0 aliphatic heterocycles. The van der Waals surface area contributed by atoms with E-state index < -0.39 is 10.1 Å². The summed E-state index contributed by atoms with van der Waals surface area (Å²) in [6.45, 7) is 1.98. The molecule has 4 heteroatoms. The first-order valence-corrected chi connectivity index (χ1v) is 4.56.